The number of phenols is 2. The molecule has 107 heavy (non-hydrogen) atoms. The Balaban J connectivity index is 0.000000288. The number of methoxy groups -OCH3 is 4. The van der Waals surface area contributed by atoms with E-state index in [1.54, 1.807) is 57.2 Å². The lowest BCUT2D eigenvalue weighted by atomic mass is 9.93. The number of carbonyl (C=O) groups excluding carboxylic acids is 6. The predicted molar refractivity (Wildman–Crippen MR) is 413 cm³/mol. The highest BCUT2D eigenvalue weighted by Gasteiger charge is 2.67. The molecule has 3 saturated carbocycles. The molecule has 8 aromatic carbocycles. The molecule has 0 bridgehead atoms. The quantitative estimate of drug-likeness (QED) is 0.0220. The molecule has 3 aliphatic carbocycles. The number of carboxylic acids is 1. The third-order valence-corrected chi connectivity index (χ3v) is 17.9. The summed E-state index contributed by atoms with van der Waals surface area (Å²) < 4.78 is 48.3. The molecule has 8 aromatic rings. The van der Waals surface area contributed by atoms with E-state index >= 15 is 0 Å². The fraction of sp³-hybridized carbons (Fsp3) is 0.337. The van der Waals surface area contributed by atoms with E-state index in [1.165, 1.54) is 46.1 Å². The summed E-state index contributed by atoms with van der Waals surface area (Å²) in [4.78, 5) is 83.4. The molecule has 0 aromatic heterocycles. The number of esters is 6. The van der Waals surface area contributed by atoms with Crippen LogP contribution in [0.5, 0.6) is 28.7 Å². The summed E-state index contributed by atoms with van der Waals surface area (Å²) in [5, 5.41) is 27.5. The van der Waals surface area contributed by atoms with Crippen LogP contribution >= 0.6 is 15.9 Å². The molecule has 3 aliphatic rings. The smallest absolute Gasteiger partial charge is 0.333 e. The monoisotopic (exact) mass is 1530 g/mol. The van der Waals surface area contributed by atoms with Crippen molar-refractivity contribution in [1.82, 2.24) is 0 Å². The highest BCUT2D eigenvalue weighted by Crippen LogP contribution is 2.58. The Hall–Kier alpha value is -10.7. The number of hydrogen-bond acceptors (Lipinski definition) is 18. The summed E-state index contributed by atoms with van der Waals surface area (Å²) in [5.74, 6) is -2.18. The highest BCUT2D eigenvalue weighted by atomic mass is 79.9. The molecule has 567 valence electrons. The molecule has 11 rings (SSSR count). The van der Waals surface area contributed by atoms with Crippen LogP contribution in [0.1, 0.15) is 109 Å². The standard InChI is InChI=1S/C24H28O5.C18H18O3.C17H22O5.C13H11BrO.C13H14O5.CH4.B.H2/c1-23(2,3)29-21(25)20-15-24(20,22(26)27-4)14-17-10-12-19(13-11-17)28-16-18-8-6-5-7-9-18;1-14(18(19)20-2)12-15-8-10-17(11-9-15)21-13-16-6-4-3-5-7-16;1-16(2,3)22-14(19)13-10-17(13,15(20)21-4)9-11-5-7-12(18)8-6-11;14-12-6-8-13(9-7-12)15-10-11-4-2-1-3-5-11;1-18-12(17)13(7-10(13)11(15)16)6-8-2-4-9(14)5-3-8;;;/h5-13,20H,14-16H2,1-4H3;3-11H,1,12-13H2,2H3;5-8,13,18H,9-10H2,1-4H3;1-9H,10H2;2-5,10,14H,6-7H2,1H3,(H,15,16);1H4;;1H/t20?,24-;;13?,17-;;10?,13-;;;/m0.0.0.../s1/i;;;;;;;1+1. The van der Waals surface area contributed by atoms with Crippen molar-refractivity contribution in [3.05, 3.63) is 268 Å². The van der Waals surface area contributed by atoms with Gasteiger partial charge in [-0.25, -0.2) is 4.79 Å². The molecule has 0 heterocycles. The molecule has 0 aliphatic heterocycles. The summed E-state index contributed by atoms with van der Waals surface area (Å²) in [5.41, 5.74) is 3.66. The van der Waals surface area contributed by atoms with E-state index in [4.69, 9.17) is 43.0 Å². The Morgan fingerprint density at radius 3 is 0.981 bits per heavy atom. The van der Waals surface area contributed by atoms with Gasteiger partial charge in [0, 0.05) is 26.3 Å². The number of aromatic hydroxyl groups is 2. The summed E-state index contributed by atoms with van der Waals surface area (Å²) in [6.45, 7) is 16.2. The van der Waals surface area contributed by atoms with E-state index in [2.05, 4.69) is 39.4 Å². The van der Waals surface area contributed by atoms with Crippen LogP contribution < -0.4 is 14.2 Å². The van der Waals surface area contributed by atoms with Gasteiger partial charge < -0.3 is 58.0 Å². The molecule has 21 heteroatoms. The van der Waals surface area contributed by atoms with Crippen LogP contribution in [-0.2, 0) is 107 Å². The van der Waals surface area contributed by atoms with Gasteiger partial charge in [0.25, 0.3) is 0 Å². The maximum Gasteiger partial charge on any atom is 0.333 e. The lowest BCUT2D eigenvalue weighted by Gasteiger charge is -2.21. The van der Waals surface area contributed by atoms with Crippen LogP contribution in [0.2, 0.25) is 0 Å². The number of rotatable bonds is 24. The summed E-state index contributed by atoms with van der Waals surface area (Å²) in [6.07, 6.45) is 2.79. The Bertz CT molecular complexity index is 4170. The number of phenolic OH excluding ortho intramolecular Hbond substituents is 2. The number of carbonyl (C=O) groups is 7. The van der Waals surface area contributed by atoms with E-state index in [0.29, 0.717) is 70.3 Å². The maximum absolute atomic E-state index is 12.5. The Kier molecular flexibility index (Phi) is 32.6. The van der Waals surface area contributed by atoms with Crippen molar-refractivity contribution < 1.29 is 92.9 Å². The molecule has 3 unspecified atom stereocenters. The number of benzene rings is 8. The fourth-order valence-corrected chi connectivity index (χ4v) is 11.9. The van der Waals surface area contributed by atoms with Gasteiger partial charge >= 0.3 is 41.8 Å². The fourth-order valence-electron chi connectivity index (χ4n) is 11.6. The first-order valence-corrected chi connectivity index (χ1v) is 34.9. The average Bonchev–Trinajstić information content (AvgIpc) is 1.59. The molecule has 3 N–H and O–H groups in total. The molecule has 19 nitrogen and oxygen atoms in total. The number of ether oxygens (including phenoxy) is 9. The SMILES string of the molecule is Brc1ccc(OCc2ccccc2)cc1.C.C=C(Cc1ccc(OCc2ccccc2)cc1)C(=O)OC.COC(=O)[C@@]1(Cc2ccc(O)cc2)CC1C(=O)O.COC(=O)[C@@]1(Cc2ccc(O)cc2)CC1C(=O)OC(C)(C)C.COC(=O)[C@@]1(Cc2ccc(OCc3ccccc3)cc2)CC1C(=O)OC(C)(C)C.[2HH].[B]. The van der Waals surface area contributed by atoms with Gasteiger partial charge in [-0.05, 0) is 192 Å². The van der Waals surface area contributed by atoms with E-state index in [-0.39, 0.29) is 52.6 Å². The third kappa shape index (κ3) is 26.7. The molecular weight excluding hydrogens is 1430 g/mol. The summed E-state index contributed by atoms with van der Waals surface area (Å²) >= 11 is 3.39. The van der Waals surface area contributed by atoms with Crippen LogP contribution in [0.4, 0.5) is 0 Å². The Labute approximate surface area is 639 Å². The molecule has 0 spiro atoms. The topological polar surface area (TPSA) is 263 Å². The summed E-state index contributed by atoms with van der Waals surface area (Å²) in [6, 6.07) is 66.2. The number of halogens is 1. The predicted octanol–water partition coefficient (Wildman–Crippen LogP) is 16.1. The van der Waals surface area contributed by atoms with E-state index < -0.39 is 63.1 Å². The van der Waals surface area contributed by atoms with Crippen molar-refractivity contribution in [2.45, 2.75) is 125 Å². The number of hydrogen-bond donors (Lipinski definition) is 3. The maximum atomic E-state index is 12.5. The van der Waals surface area contributed by atoms with Crippen molar-refractivity contribution >= 4 is 66.1 Å². The molecule has 3 fully saturated rings. The third-order valence-electron chi connectivity index (χ3n) is 17.4. The number of aliphatic carboxylic acids is 1. The largest absolute Gasteiger partial charge is 0.508 e. The minimum atomic E-state index is -0.973. The van der Waals surface area contributed by atoms with E-state index in [9.17, 15) is 43.8 Å². The lowest BCUT2D eigenvalue weighted by molar-refractivity contribution is -0.161. The van der Waals surface area contributed by atoms with Crippen molar-refractivity contribution in [2.24, 2.45) is 34.0 Å². The molecular formula is C86H99BBrO19. The second kappa shape index (κ2) is 40.2. The van der Waals surface area contributed by atoms with Gasteiger partial charge in [0.2, 0.25) is 0 Å². The minimum absolute atomic E-state index is 0. The van der Waals surface area contributed by atoms with Gasteiger partial charge in [-0.2, -0.15) is 0 Å². The van der Waals surface area contributed by atoms with Crippen LogP contribution in [0, 0.1) is 34.0 Å². The van der Waals surface area contributed by atoms with Crippen LogP contribution in [-0.4, -0.2) is 105 Å². The first-order chi connectivity index (χ1) is 49.9. The van der Waals surface area contributed by atoms with E-state index in [0.717, 1.165) is 55.1 Å². The highest BCUT2D eigenvalue weighted by molar-refractivity contribution is 9.10. The van der Waals surface area contributed by atoms with Crippen molar-refractivity contribution in [1.29, 1.82) is 0 Å². The zero-order chi connectivity index (χ0) is 76.5. The second-order valence-electron chi connectivity index (χ2n) is 27.8. The molecule has 3 radical (unpaired) electrons. The van der Waals surface area contributed by atoms with Crippen LogP contribution in [0.3, 0.4) is 0 Å². The zero-order valence-corrected chi connectivity index (χ0v) is 63.1. The van der Waals surface area contributed by atoms with Gasteiger partial charge in [0.15, 0.2) is 0 Å². The van der Waals surface area contributed by atoms with Crippen LogP contribution in [0.15, 0.2) is 229 Å². The first kappa shape index (κ1) is 87.0. The molecule has 6 atom stereocenters. The van der Waals surface area contributed by atoms with Crippen LogP contribution in [0.25, 0.3) is 0 Å². The normalized spacial score (nSPS) is 18.1. The average molecular weight is 1530 g/mol. The molecule has 0 saturated heterocycles. The van der Waals surface area contributed by atoms with Crippen molar-refractivity contribution in [3.63, 3.8) is 0 Å². The lowest BCUT2D eigenvalue weighted by Crippen LogP contribution is -2.30. The Morgan fingerprint density at radius 1 is 0.421 bits per heavy atom. The zero-order valence-electron chi connectivity index (χ0n) is 61.5. The van der Waals surface area contributed by atoms with Gasteiger partial charge in [-0.15, -0.1) is 0 Å². The van der Waals surface area contributed by atoms with Gasteiger partial charge in [0.1, 0.15) is 59.8 Å². The first-order valence-electron chi connectivity index (χ1n) is 34.1. The molecule has 0 amide bonds. The second-order valence-corrected chi connectivity index (χ2v) is 28.7. The summed E-state index contributed by atoms with van der Waals surface area (Å²) in [7, 11) is 5.30. The van der Waals surface area contributed by atoms with Crippen molar-refractivity contribution in [3.8, 4) is 28.7 Å². The minimum Gasteiger partial charge on any atom is -0.508 e. The van der Waals surface area contributed by atoms with Crippen molar-refractivity contribution in [2.75, 3.05) is 28.4 Å². The van der Waals surface area contributed by atoms with Gasteiger partial charge in [0.05, 0.1) is 62.4 Å². The van der Waals surface area contributed by atoms with E-state index in [1.807, 2.05) is 172 Å². The number of carboxylic acid groups (broad SMARTS) is 1. The Morgan fingerprint density at radius 2 is 0.701 bits per heavy atom. The van der Waals surface area contributed by atoms with Gasteiger partial charge in [-0.3, -0.25) is 28.8 Å². The van der Waals surface area contributed by atoms with Gasteiger partial charge in [-0.1, -0.05) is 169 Å².